The molecule has 0 radical (unpaired) electrons. The van der Waals surface area contributed by atoms with Gasteiger partial charge in [0.25, 0.3) is 0 Å². The highest BCUT2D eigenvalue weighted by Crippen LogP contribution is 2.21. The van der Waals surface area contributed by atoms with E-state index < -0.39 is 5.38 Å². The highest BCUT2D eigenvalue weighted by atomic mass is 35.5. The molecule has 0 aliphatic heterocycles. The first-order chi connectivity index (χ1) is 9.25. The quantitative estimate of drug-likeness (QED) is 0.367. The molecule has 0 N–H and O–H groups in total. The first-order valence-electron chi connectivity index (χ1n) is 7.11. The molecule has 0 fully saturated rings. The Labute approximate surface area is 121 Å². The van der Waals surface area contributed by atoms with Gasteiger partial charge in [-0.25, -0.2) is 0 Å². The topological polar surface area (TPSA) is 26.3 Å². The lowest BCUT2D eigenvalue weighted by Gasteiger charge is -2.10. The maximum Gasteiger partial charge on any atom is 0.328 e. The molecule has 0 amide bonds. The van der Waals surface area contributed by atoms with Crippen molar-refractivity contribution in [2.24, 2.45) is 0 Å². The van der Waals surface area contributed by atoms with E-state index >= 15 is 0 Å². The largest absolute Gasteiger partial charge is 0.464 e. The minimum absolute atomic E-state index is 0.346. The van der Waals surface area contributed by atoms with Gasteiger partial charge in [-0.3, -0.25) is 4.79 Å². The van der Waals surface area contributed by atoms with Crippen molar-refractivity contribution in [3.05, 3.63) is 35.9 Å². The average molecular weight is 283 g/mol. The van der Waals surface area contributed by atoms with E-state index in [4.69, 9.17) is 16.3 Å². The number of halogens is 1. The van der Waals surface area contributed by atoms with Crippen LogP contribution in [0.3, 0.4) is 0 Å². The molecule has 0 aromatic heterocycles. The predicted octanol–water partition coefficient (Wildman–Crippen LogP) is 4.87. The minimum atomic E-state index is -0.693. The van der Waals surface area contributed by atoms with E-state index in [1.807, 2.05) is 30.3 Å². The molecule has 106 valence electrons. The number of hydrogen-bond acceptors (Lipinski definition) is 2. The third-order valence-electron chi connectivity index (χ3n) is 3.04. The summed E-state index contributed by atoms with van der Waals surface area (Å²) in [6.07, 6.45) is 7.07. The van der Waals surface area contributed by atoms with Gasteiger partial charge in [0, 0.05) is 0 Å². The summed E-state index contributed by atoms with van der Waals surface area (Å²) in [5.74, 6) is -0.346. The van der Waals surface area contributed by atoms with E-state index in [1.165, 1.54) is 25.7 Å². The van der Waals surface area contributed by atoms with Crippen molar-refractivity contribution >= 4 is 17.6 Å². The van der Waals surface area contributed by atoms with Crippen LogP contribution in [0.4, 0.5) is 0 Å². The molecule has 0 aliphatic carbocycles. The zero-order chi connectivity index (χ0) is 13.9. The Hall–Kier alpha value is -1.02. The highest BCUT2D eigenvalue weighted by molar-refractivity contribution is 6.29. The van der Waals surface area contributed by atoms with Crippen molar-refractivity contribution in [1.29, 1.82) is 0 Å². The Morgan fingerprint density at radius 1 is 1.11 bits per heavy atom. The predicted molar refractivity (Wildman–Crippen MR) is 79.4 cm³/mol. The van der Waals surface area contributed by atoms with Crippen LogP contribution in [0.5, 0.6) is 0 Å². The van der Waals surface area contributed by atoms with E-state index in [1.54, 1.807) is 0 Å². The minimum Gasteiger partial charge on any atom is -0.464 e. The number of benzene rings is 1. The molecule has 0 aliphatic rings. The van der Waals surface area contributed by atoms with Crippen molar-refractivity contribution in [3.8, 4) is 0 Å². The SMILES string of the molecule is CCCCCCCCOC(=O)C(Cl)c1ccccc1. The van der Waals surface area contributed by atoms with Gasteiger partial charge in [0.1, 0.15) is 0 Å². The van der Waals surface area contributed by atoms with Gasteiger partial charge in [0.05, 0.1) is 6.61 Å². The molecule has 1 atom stereocenters. The summed E-state index contributed by atoms with van der Waals surface area (Å²) in [6.45, 7) is 2.67. The van der Waals surface area contributed by atoms with Crippen molar-refractivity contribution < 1.29 is 9.53 Å². The lowest BCUT2D eigenvalue weighted by Crippen LogP contribution is -2.12. The molecule has 2 nitrogen and oxygen atoms in total. The zero-order valence-corrected chi connectivity index (χ0v) is 12.4. The molecule has 1 rings (SSSR count). The van der Waals surface area contributed by atoms with Crippen LogP contribution in [0.15, 0.2) is 30.3 Å². The number of esters is 1. The zero-order valence-electron chi connectivity index (χ0n) is 11.6. The van der Waals surface area contributed by atoms with Gasteiger partial charge in [0.15, 0.2) is 5.38 Å². The van der Waals surface area contributed by atoms with Crippen LogP contribution in [-0.4, -0.2) is 12.6 Å². The average Bonchev–Trinajstić information content (AvgIpc) is 2.46. The Morgan fingerprint density at radius 3 is 2.42 bits per heavy atom. The van der Waals surface area contributed by atoms with Crippen LogP contribution in [0, 0.1) is 0 Å². The van der Waals surface area contributed by atoms with Crippen molar-refractivity contribution in [2.75, 3.05) is 6.61 Å². The van der Waals surface area contributed by atoms with Crippen LogP contribution in [0.2, 0.25) is 0 Å². The second-order valence-electron chi connectivity index (χ2n) is 4.71. The molecule has 1 unspecified atom stereocenters. The fourth-order valence-corrected chi connectivity index (χ4v) is 2.09. The number of alkyl halides is 1. The summed E-state index contributed by atoms with van der Waals surface area (Å²) < 4.78 is 5.19. The standard InChI is InChI=1S/C16H23ClO2/c1-2-3-4-5-6-10-13-19-16(18)15(17)14-11-8-7-9-12-14/h7-9,11-12,15H,2-6,10,13H2,1H3. The summed E-state index contributed by atoms with van der Waals surface area (Å²) in [4.78, 5) is 11.7. The van der Waals surface area contributed by atoms with Crippen molar-refractivity contribution in [3.63, 3.8) is 0 Å². The van der Waals surface area contributed by atoms with Gasteiger partial charge in [-0.1, -0.05) is 69.4 Å². The molecule has 1 aromatic rings. The van der Waals surface area contributed by atoms with E-state index in [-0.39, 0.29) is 5.97 Å². The van der Waals surface area contributed by atoms with Crippen LogP contribution in [0.1, 0.15) is 56.4 Å². The number of unbranched alkanes of at least 4 members (excludes halogenated alkanes) is 5. The van der Waals surface area contributed by atoms with Gasteiger partial charge in [-0.05, 0) is 12.0 Å². The van der Waals surface area contributed by atoms with Crippen molar-refractivity contribution in [2.45, 2.75) is 50.8 Å². The van der Waals surface area contributed by atoms with Gasteiger partial charge >= 0.3 is 5.97 Å². The Morgan fingerprint density at radius 2 is 1.74 bits per heavy atom. The van der Waals surface area contributed by atoms with E-state index in [2.05, 4.69) is 6.92 Å². The summed E-state index contributed by atoms with van der Waals surface area (Å²) >= 11 is 6.06. The van der Waals surface area contributed by atoms with Gasteiger partial charge in [-0.15, -0.1) is 11.6 Å². The van der Waals surface area contributed by atoms with Crippen LogP contribution in [-0.2, 0) is 9.53 Å². The fraction of sp³-hybridized carbons (Fsp3) is 0.562. The molecule has 0 spiro atoms. The van der Waals surface area contributed by atoms with Crippen LogP contribution < -0.4 is 0 Å². The lowest BCUT2D eigenvalue weighted by atomic mass is 10.1. The normalized spacial score (nSPS) is 12.1. The summed E-state index contributed by atoms with van der Waals surface area (Å²) in [7, 11) is 0. The van der Waals surface area contributed by atoms with Gasteiger partial charge in [-0.2, -0.15) is 0 Å². The van der Waals surface area contributed by atoms with Crippen LogP contribution >= 0.6 is 11.6 Å². The highest BCUT2D eigenvalue weighted by Gasteiger charge is 2.18. The van der Waals surface area contributed by atoms with Gasteiger partial charge < -0.3 is 4.74 Å². The third-order valence-corrected chi connectivity index (χ3v) is 3.47. The van der Waals surface area contributed by atoms with Crippen LogP contribution in [0.25, 0.3) is 0 Å². The molecule has 0 saturated heterocycles. The molecule has 1 aromatic carbocycles. The Balaban J connectivity index is 2.14. The number of rotatable bonds is 9. The van der Waals surface area contributed by atoms with E-state index in [9.17, 15) is 4.79 Å². The van der Waals surface area contributed by atoms with Crippen molar-refractivity contribution in [1.82, 2.24) is 0 Å². The number of hydrogen-bond donors (Lipinski definition) is 0. The van der Waals surface area contributed by atoms with E-state index in [0.717, 1.165) is 18.4 Å². The molecular weight excluding hydrogens is 260 g/mol. The maximum atomic E-state index is 11.7. The second-order valence-corrected chi connectivity index (χ2v) is 5.14. The molecule has 19 heavy (non-hydrogen) atoms. The first kappa shape index (κ1) is 16.0. The summed E-state index contributed by atoms with van der Waals surface area (Å²) in [5.41, 5.74) is 0.789. The number of carbonyl (C=O) groups is 1. The molecular formula is C16H23ClO2. The van der Waals surface area contributed by atoms with Gasteiger partial charge in [0.2, 0.25) is 0 Å². The smallest absolute Gasteiger partial charge is 0.328 e. The molecule has 0 saturated carbocycles. The summed E-state index contributed by atoms with van der Waals surface area (Å²) in [5, 5.41) is -0.693. The lowest BCUT2D eigenvalue weighted by molar-refractivity contribution is -0.143. The summed E-state index contributed by atoms with van der Waals surface area (Å²) in [6, 6.07) is 9.31. The first-order valence-corrected chi connectivity index (χ1v) is 7.55. The second kappa shape index (κ2) is 9.85. The molecule has 0 heterocycles. The Kier molecular flexibility index (Phi) is 8.31. The number of carbonyl (C=O) groups excluding carboxylic acids is 1. The molecule has 3 heteroatoms. The third kappa shape index (κ3) is 6.63. The molecule has 0 bridgehead atoms. The Bertz CT molecular complexity index is 351. The monoisotopic (exact) mass is 282 g/mol. The van der Waals surface area contributed by atoms with E-state index in [0.29, 0.717) is 6.61 Å². The number of ether oxygens (including phenoxy) is 1. The fourth-order valence-electron chi connectivity index (χ4n) is 1.89. The maximum absolute atomic E-state index is 11.7.